The fraction of sp³-hybridized carbons (Fsp3) is 0.435. The summed E-state index contributed by atoms with van der Waals surface area (Å²) in [5.41, 5.74) is 3.70. The second-order valence-electron chi connectivity index (χ2n) is 8.02. The number of carbonyl (C=O) groups is 1. The zero-order valence-corrected chi connectivity index (χ0v) is 18.8. The molecule has 3 heterocycles. The van der Waals surface area contributed by atoms with Crippen LogP contribution >= 0.6 is 11.6 Å². The summed E-state index contributed by atoms with van der Waals surface area (Å²) < 4.78 is 10.6. The van der Waals surface area contributed by atoms with Gasteiger partial charge >= 0.3 is 5.63 Å². The first-order valence-corrected chi connectivity index (χ1v) is 10.9. The van der Waals surface area contributed by atoms with Gasteiger partial charge in [0.15, 0.2) is 0 Å². The lowest BCUT2D eigenvalue weighted by Gasteiger charge is -2.35. The lowest BCUT2D eigenvalue weighted by Crippen LogP contribution is -2.48. The van der Waals surface area contributed by atoms with Gasteiger partial charge in [0.05, 0.1) is 12.1 Å². The highest BCUT2D eigenvalue weighted by atomic mass is 35.5. The van der Waals surface area contributed by atoms with E-state index >= 15 is 0 Å². The highest BCUT2D eigenvalue weighted by Crippen LogP contribution is 2.27. The number of nitrogens with zero attached hydrogens (tertiary/aromatic N) is 3. The maximum atomic E-state index is 12.7. The van der Waals surface area contributed by atoms with Crippen LogP contribution in [0.4, 0.5) is 0 Å². The molecule has 7 nitrogen and oxygen atoms in total. The molecule has 4 rings (SSSR count). The van der Waals surface area contributed by atoms with Crippen LogP contribution in [0.3, 0.4) is 0 Å². The molecule has 0 aliphatic carbocycles. The first-order valence-electron chi connectivity index (χ1n) is 10.5. The number of hydrogen-bond acceptors (Lipinski definition) is 6. The zero-order chi connectivity index (χ0) is 22.1. The van der Waals surface area contributed by atoms with Gasteiger partial charge in [-0.3, -0.25) is 9.69 Å². The quantitative estimate of drug-likeness (QED) is 0.561. The number of fused-ring (bicyclic) bond motifs is 1. The highest BCUT2D eigenvalue weighted by Gasteiger charge is 2.24. The third-order valence-corrected chi connectivity index (χ3v) is 6.36. The van der Waals surface area contributed by atoms with Crippen molar-refractivity contribution in [1.29, 1.82) is 0 Å². The summed E-state index contributed by atoms with van der Waals surface area (Å²) in [6, 6.07) is 5.28. The number of rotatable bonds is 5. The Bertz CT molecular complexity index is 1160. The Morgan fingerprint density at radius 2 is 1.87 bits per heavy atom. The van der Waals surface area contributed by atoms with Crippen LogP contribution in [0.15, 0.2) is 31.9 Å². The van der Waals surface area contributed by atoms with Gasteiger partial charge in [-0.25, -0.2) is 4.79 Å². The first kappa shape index (κ1) is 21.6. The predicted octanol–water partition coefficient (Wildman–Crippen LogP) is 3.50. The van der Waals surface area contributed by atoms with Gasteiger partial charge in [0.25, 0.3) is 0 Å². The molecule has 0 N–H and O–H groups in total. The van der Waals surface area contributed by atoms with Crippen LogP contribution in [0, 0.1) is 13.8 Å². The third kappa shape index (κ3) is 4.52. The van der Waals surface area contributed by atoms with Crippen LogP contribution in [0.1, 0.15) is 35.1 Å². The summed E-state index contributed by atoms with van der Waals surface area (Å²) in [7, 11) is 0. The van der Waals surface area contributed by atoms with E-state index in [2.05, 4.69) is 10.1 Å². The fourth-order valence-electron chi connectivity index (χ4n) is 4.10. The molecule has 0 bridgehead atoms. The van der Waals surface area contributed by atoms with Crippen LogP contribution in [-0.2, 0) is 24.2 Å². The Balaban J connectivity index is 1.44. The molecule has 1 amide bonds. The van der Waals surface area contributed by atoms with Crippen LogP contribution in [0.2, 0.25) is 5.02 Å². The molecular formula is C23H26ClN3O4. The van der Waals surface area contributed by atoms with Crippen LogP contribution < -0.4 is 5.63 Å². The van der Waals surface area contributed by atoms with E-state index in [0.717, 1.165) is 47.3 Å². The summed E-state index contributed by atoms with van der Waals surface area (Å²) in [4.78, 5) is 28.9. The number of piperazine rings is 1. The summed E-state index contributed by atoms with van der Waals surface area (Å²) in [6.07, 6.45) is 1.08. The first-order chi connectivity index (χ1) is 14.9. The largest absolute Gasteiger partial charge is 0.423 e. The molecule has 0 atom stereocenters. The average Bonchev–Trinajstić information content (AvgIpc) is 3.06. The standard InChI is InChI=1S/C23H26ClN3O4/c1-4-16-9-21-19(11-20(16)24)17(10-23(29)30-21)13-26-5-7-27(8-6-26)22(28)12-18-14(2)25-31-15(18)3/h9-11H,4-8,12-13H2,1-3H3. The number of aromatic nitrogens is 1. The molecule has 2 aromatic heterocycles. The van der Waals surface area contributed by atoms with E-state index in [-0.39, 0.29) is 11.5 Å². The second kappa shape index (κ2) is 8.85. The van der Waals surface area contributed by atoms with Crippen molar-refractivity contribution in [2.75, 3.05) is 26.2 Å². The molecule has 3 aromatic rings. The molecule has 164 valence electrons. The van der Waals surface area contributed by atoms with Crippen molar-refractivity contribution < 1.29 is 13.7 Å². The average molecular weight is 444 g/mol. The van der Waals surface area contributed by atoms with E-state index in [4.69, 9.17) is 20.5 Å². The van der Waals surface area contributed by atoms with Crippen molar-refractivity contribution in [3.8, 4) is 0 Å². The molecule has 31 heavy (non-hydrogen) atoms. The minimum absolute atomic E-state index is 0.0822. The maximum Gasteiger partial charge on any atom is 0.336 e. The Morgan fingerprint density at radius 3 is 2.52 bits per heavy atom. The molecule has 1 aromatic carbocycles. The van der Waals surface area contributed by atoms with Crippen LogP contribution in [0.25, 0.3) is 11.0 Å². The topological polar surface area (TPSA) is 79.8 Å². The van der Waals surface area contributed by atoms with E-state index in [9.17, 15) is 9.59 Å². The molecule has 1 fully saturated rings. The molecule has 1 saturated heterocycles. The van der Waals surface area contributed by atoms with E-state index in [0.29, 0.717) is 42.4 Å². The Labute approximate surface area is 185 Å². The van der Waals surface area contributed by atoms with Crippen molar-refractivity contribution in [3.63, 3.8) is 0 Å². The summed E-state index contributed by atoms with van der Waals surface area (Å²) in [5.74, 6) is 0.780. The van der Waals surface area contributed by atoms with Gasteiger partial charge in [0.2, 0.25) is 5.91 Å². The molecular weight excluding hydrogens is 418 g/mol. The molecule has 8 heteroatoms. The van der Waals surface area contributed by atoms with Crippen molar-refractivity contribution >= 4 is 28.5 Å². The zero-order valence-electron chi connectivity index (χ0n) is 18.0. The minimum atomic E-state index is -0.361. The minimum Gasteiger partial charge on any atom is -0.423 e. The van der Waals surface area contributed by atoms with Crippen LogP contribution in [-0.4, -0.2) is 47.0 Å². The summed E-state index contributed by atoms with van der Waals surface area (Å²) in [6.45, 7) is 9.05. The molecule has 0 saturated carbocycles. The molecule has 0 spiro atoms. The summed E-state index contributed by atoms with van der Waals surface area (Å²) >= 11 is 6.40. The highest BCUT2D eigenvalue weighted by molar-refractivity contribution is 6.32. The predicted molar refractivity (Wildman–Crippen MR) is 118 cm³/mol. The second-order valence-corrected chi connectivity index (χ2v) is 8.43. The number of halogens is 1. The van der Waals surface area contributed by atoms with Gasteiger partial charge in [0, 0.05) is 54.8 Å². The maximum absolute atomic E-state index is 12.7. The van der Waals surface area contributed by atoms with E-state index in [1.54, 1.807) is 6.07 Å². The lowest BCUT2D eigenvalue weighted by atomic mass is 10.1. The van der Waals surface area contributed by atoms with Crippen molar-refractivity contribution in [2.45, 2.75) is 40.2 Å². The molecule has 0 radical (unpaired) electrons. The molecule has 1 aliphatic rings. The number of benzene rings is 1. The SMILES string of the molecule is CCc1cc2oc(=O)cc(CN3CCN(C(=O)Cc4c(C)noc4C)CC3)c2cc1Cl. The van der Waals surface area contributed by atoms with E-state index < -0.39 is 0 Å². The Morgan fingerprint density at radius 1 is 1.13 bits per heavy atom. The Kier molecular flexibility index (Phi) is 6.16. The third-order valence-electron chi connectivity index (χ3n) is 6.01. The number of hydrogen-bond donors (Lipinski definition) is 0. The summed E-state index contributed by atoms with van der Waals surface area (Å²) in [5, 5.41) is 5.47. The molecule has 0 unspecified atom stereocenters. The smallest absolute Gasteiger partial charge is 0.336 e. The van der Waals surface area contributed by atoms with Crippen LogP contribution in [0.5, 0.6) is 0 Å². The van der Waals surface area contributed by atoms with Crippen molar-refractivity contribution in [2.24, 2.45) is 0 Å². The van der Waals surface area contributed by atoms with Crippen molar-refractivity contribution in [1.82, 2.24) is 15.0 Å². The normalized spacial score (nSPS) is 15.0. The monoisotopic (exact) mass is 443 g/mol. The van der Waals surface area contributed by atoms with Gasteiger partial charge in [-0.15, -0.1) is 0 Å². The van der Waals surface area contributed by atoms with Gasteiger partial charge in [0.1, 0.15) is 11.3 Å². The van der Waals surface area contributed by atoms with Gasteiger partial charge in [-0.05, 0) is 43.5 Å². The van der Waals surface area contributed by atoms with Gasteiger partial charge in [-0.2, -0.15) is 0 Å². The van der Waals surface area contributed by atoms with Crippen molar-refractivity contribution in [3.05, 3.63) is 61.8 Å². The van der Waals surface area contributed by atoms with E-state index in [1.165, 1.54) is 0 Å². The number of aryl methyl sites for hydroxylation is 3. The van der Waals surface area contributed by atoms with Gasteiger partial charge < -0.3 is 13.8 Å². The number of carbonyl (C=O) groups excluding carboxylic acids is 1. The number of amides is 1. The lowest BCUT2D eigenvalue weighted by molar-refractivity contribution is -0.132. The fourth-order valence-corrected chi connectivity index (χ4v) is 4.40. The Hall–Kier alpha value is -2.64. The van der Waals surface area contributed by atoms with E-state index in [1.807, 2.05) is 37.8 Å². The molecule has 1 aliphatic heterocycles. The van der Waals surface area contributed by atoms with Gasteiger partial charge in [-0.1, -0.05) is 23.7 Å².